The van der Waals surface area contributed by atoms with Gasteiger partial charge >= 0.3 is 6.18 Å². The number of nitrogens with zero attached hydrogens (tertiary/aromatic N) is 3. The molecule has 0 saturated heterocycles. The Hall–Kier alpha value is -2.87. The smallest absolute Gasteiger partial charge is 0.367 e. The van der Waals surface area contributed by atoms with Crippen LogP contribution in [0.25, 0.3) is 0 Å². The van der Waals surface area contributed by atoms with Crippen molar-refractivity contribution in [2.75, 3.05) is 0 Å². The molecule has 0 heterocycles. The molecule has 2 aromatic rings. The standard InChI is InChI=1S/C17H15ClF3N5/c1-11(13-4-6-14(7-5-13)17(19,20)21)24-26-16(22)25-23-10-12-2-8-15(18)9-3-12/h2-10H,1H3,(H3,22,25,26)/b23-10+,24-11+. The quantitative estimate of drug-likeness (QED) is 0.477. The summed E-state index contributed by atoms with van der Waals surface area (Å²) in [6, 6.07) is 11.6. The van der Waals surface area contributed by atoms with Crippen LogP contribution in [0.15, 0.2) is 63.8 Å². The molecular weight excluding hydrogens is 367 g/mol. The van der Waals surface area contributed by atoms with E-state index in [0.29, 0.717) is 16.3 Å². The average Bonchev–Trinajstić information content (AvgIpc) is 2.61. The fourth-order valence-corrected chi connectivity index (χ4v) is 1.96. The number of hydrazone groups is 1. The third-order valence-electron chi connectivity index (χ3n) is 3.20. The lowest BCUT2D eigenvalue weighted by atomic mass is 10.1. The molecule has 0 spiro atoms. The van der Waals surface area contributed by atoms with E-state index in [0.717, 1.165) is 17.7 Å². The minimum Gasteiger partial charge on any atom is -0.367 e. The second-order valence-corrected chi connectivity index (χ2v) is 5.60. The first-order chi connectivity index (χ1) is 12.3. The molecule has 0 unspecified atom stereocenters. The first-order valence-electron chi connectivity index (χ1n) is 7.36. The number of rotatable bonds is 4. The van der Waals surface area contributed by atoms with Gasteiger partial charge < -0.3 is 5.73 Å². The number of halogens is 4. The highest BCUT2D eigenvalue weighted by molar-refractivity contribution is 6.30. The molecule has 2 aromatic carbocycles. The molecule has 0 aliphatic carbocycles. The lowest BCUT2D eigenvalue weighted by molar-refractivity contribution is -0.137. The van der Waals surface area contributed by atoms with Crippen molar-refractivity contribution in [1.82, 2.24) is 5.43 Å². The van der Waals surface area contributed by atoms with Gasteiger partial charge in [0.05, 0.1) is 17.5 Å². The van der Waals surface area contributed by atoms with Crippen molar-refractivity contribution in [2.24, 2.45) is 21.0 Å². The molecule has 136 valence electrons. The van der Waals surface area contributed by atoms with Crippen LogP contribution < -0.4 is 11.2 Å². The zero-order chi connectivity index (χ0) is 19.2. The maximum absolute atomic E-state index is 12.5. The van der Waals surface area contributed by atoms with Gasteiger partial charge in [-0.05, 0) is 42.3 Å². The van der Waals surface area contributed by atoms with Gasteiger partial charge in [-0.3, -0.25) is 0 Å². The van der Waals surface area contributed by atoms with Crippen LogP contribution in [0.4, 0.5) is 13.2 Å². The zero-order valence-corrected chi connectivity index (χ0v) is 14.4. The Kier molecular flexibility index (Phi) is 6.35. The molecule has 5 nitrogen and oxygen atoms in total. The van der Waals surface area contributed by atoms with E-state index in [1.165, 1.54) is 18.3 Å². The topological polar surface area (TPSA) is 75.1 Å². The van der Waals surface area contributed by atoms with Gasteiger partial charge in [0.2, 0.25) is 5.96 Å². The highest BCUT2D eigenvalue weighted by Crippen LogP contribution is 2.29. The van der Waals surface area contributed by atoms with Crippen LogP contribution in [-0.4, -0.2) is 17.9 Å². The maximum Gasteiger partial charge on any atom is 0.416 e. The van der Waals surface area contributed by atoms with Gasteiger partial charge in [-0.25, -0.2) is 5.43 Å². The van der Waals surface area contributed by atoms with Gasteiger partial charge in [-0.1, -0.05) is 35.9 Å². The predicted molar refractivity (Wildman–Crippen MR) is 97.5 cm³/mol. The van der Waals surface area contributed by atoms with Gasteiger partial charge in [0.1, 0.15) is 0 Å². The van der Waals surface area contributed by atoms with Crippen molar-refractivity contribution in [3.63, 3.8) is 0 Å². The number of hydrogen-bond donors (Lipinski definition) is 2. The van der Waals surface area contributed by atoms with Crippen LogP contribution in [0, 0.1) is 0 Å². The number of nitrogens with one attached hydrogen (secondary N) is 1. The third kappa shape index (κ3) is 5.89. The summed E-state index contributed by atoms with van der Waals surface area (Å²) in [6.45, 7) is 1.61. The Labute approximate surface area is 153 Å². The normalized spacial score (nSPS) is 13.3. The Balaban J connectivity index is 1.98. The van der Waals surface area contributed by atoms with Crippen molar-refractivity contribution in [3.8, 4) is 0 Å². The van der Waals surface area contributed by atoms with E-state index >= 15 is 0 Å². The zero-order valence-electron chi connectivity index (χ0n) is 13.6. The van der Waals surface area contributed by atoms with E-state index in [-0.39, 0.29) is 5.96 Å². The van der Waals surface area contributed by atoms with E-state index in [9.17, 15) is 13.2 Å². The molecule has 0 saturated carbocycles. The Morgan fingerprint density at radius 1 is 1.04 bits per heavy atom. The second kappa shape index (κ2) is 8.48. The number of nitrogens with two attached hydrogens (primary N) is 1. The molecule has 26 heavy (non-hydrogen) atoms. The Bertz CT molecular complexity index is 825. The molecular formula is C17H15ClF3N5. The lowest BCUT2D eigenvalue weighted by Crippen LogP contribution is -2.26. The van der Waals surface area contributed by atoms with E-state index < -0.39 is 11.7 Å². The fraction of sp³-hybridized carbons (Fsp3) is 0.118. The summed E-state index contributed by atoms with van der Waals surface area (Å²) in [5.41, 5.74) is 9.09. The average molecular weight is 382 g/mol. The number of guanidine groups is 1. The van der Waals surface area contributed by atoms with Crippen LogP contribution in [0.3, 0.4) is 0 Å². The Morgan fingerprint density at radius 2 is 1.65 bits per heavy atom. The molecule has 0 bridgehead atoms. The summed E-state index contributed by atoms with van der Waals surface area (Å²) in [5.74, 6) is -0.0681. The van der Waals surface area contributed by atoms with Gasteiger partial charge in [0.25, 0.3) is 0 Å². The summed E-state index contributed by atoms with van der Waals surface area (Å²) in [5, 5.41) is 12.1. The number of hydrogen-bond acceptors (Lipinski definition) is 3. The van der Waals surface area contributed by atoms with Crippen LogP contribution in [-0.2, 0) is 6.18 Å². The first kappa shape index (κ1) is 19.5. The van der Waals surface area contributed by atoms with Crippen molar-refractivity contribution in [2.45, 2.75) is 13.1 Å². The van der Waals surface area contributed by atoms with Gasteiger partial charge in [-0.2, -0.15) is 23.4 Å². The lowest BCUT2D eigenvalue weighted by Gasteiger charge is -2.07. The summed E-state index contributed by atoms with van der Waals surface area (Å²) < 4.78 is 37.6. The number of benzene rings is 2. The SMILES string of the molecule is C/C(=N\N=C(N)N/N=C/c1ccc(Cl)cc1)c1ccc(C(F)(F)F)cc1. The van der Waals surface area contributed by atoms with Gasteiger partial charge in [0, 0.05) is 5.02 Å². The van der Waals surface area contributed by atoms with Gasteiger partial charge in [-0.15, -0.1) is 5.10 Å². The summed E-state index contributed by atoms with van der Waals surface area (Å²) in [6.07, 6.45) is -2.86. The molecule has 3 N–H and O–H groups in total. The monoisotopic (exact) mass is 381 g/mol. The molecule has 2 rings (SSSR count). The highest BCUT2D eigenvalue weighted by Gasteiger charge is 2.29. The van der Waals surface area contributed by atoms with Crippen LogP contribution in [0.2, 0.25) is 5.02 Å². The molecule has 0 aliphatic heterocycles. The molecule has 0 aromatic heterocycles. The largest absolute Gasteiger partial charge is 0.416 e. The van der Waals surface area contributed by atoms with E-state index in [1.54, 1.807) is 31.2 Å². The molecule has 9 heteroatoms. The third-order valence-corrected chi connectivity index (χ3v) is 3.45. The summed E-state index contributed by atoms with van der Waals surface area (Å²) >= 11 is 5.78. The van der Waals surface area contributed by atoms with E-state index in [4.69, 9.17) is 17.3 Å². The van der Waals surface area contributed by atoms with Crippen molar-refractivity contribution in [1.29, 1.82) is 0 Å². The molecule has 0 amide bonds. The molecule has 0 fully saturated rings. The predicted octanol–water partition coefficient (Wildman–Crippen LogP) is 4.02. The molecule has 0 aliphatic rings. The van der Waals surface area contributed by atoms with Crippen LogP contribution >= 0.6 is 11.6 Å². The van der Waals surface area contributed by atoms with Crippen LogP contribution in [0.5, 0.6) is 0 Å². The van der Waals surface area contributed by atoms with Crippen molar-refractivity contribution in [3.05, 3.63) is 70.2 Å². The van der Waals surface area contributed by atoms with Gasteiger partial charge in [0.15, 0.2) is 0 Å². The van der Waals surface area contributed by atoms with Crippen molar-refractivity contribution < 1.29 is 13.2 Å². The first-order valence-corrected chi connectivity index (χ1v) is 7.73. The van der Waals surface area contributed by atoms with E-state index in [2.05, 4.69) is 20.7 Å². The fourth-order valence-electron chi connectivity index (χ4n) is 1.83. The van der Waals surface area contributed by atoms with E-state index in [1.807, 2.05) is 0 Å². The second-order valence-electron chi connectivity index (χ2n) is 5.17. The molecule has 0 atom stereocenters. The maximum atomic E-state index is 12.5. The highest BCUT2D eigenvalue weighted by atomic mass is 35.5. The number of alkyl halides is 3. The minimum atomic E-state index is -4.38. The minimum absolute atomic E-state index is 0.0681. The molecule has 0 radical (unpaired) electrons. The summed E-state index contributed by atoms with van der Waals surface area (Å²) in [4.78, 5) is 0. The Morgan fingerprint density at radius 3 is 2.23 bits per heavy atom. The van der Waals surface area contributed by atoms with Crippen LogP contribution in [0.1, 0.15) is 23.6 Å². The van der Waals surface area contributed by atoms with Crippen molar-refractivity contribution >= 4 is 29.5 Å². The summed E-state index contributed by atoms with van der Waals surface area (Å²) in [7, 11) is 0.